The molecule has 0 aromatic rings. The van der Waals surface area contributed by atoms with Gasteiger partial charge in [0.25, 0.3) is 0 Å². The molecular weight excluding hydrogens is 174 g/mol. The molecule has 1 rings (SSSR count). The van der Waals surface area contributed by atoms with E-state index in [9.17, 15) is 4.79 Å². The van der Waals surface area contributed by atoms with Crippen LogP contribution >= 0.6 is 11.6 Å². The fourth-order valence-corrected chi connectivity index (χ4v) is 1.29. The Morgan fingerprint density at radius 2 is 2.42 bits per heavy atom. The van der Waals surface area contributed by atoms with Gasteiger partial charge in [0.15, 0.2) is 0 Å². The van der Waals surface area contributed by atoms with Gasteiger partial charge in [-0.15, -0.1) is 0 Å². The monoisotopic (exact) mass is 183 g/mol. The Balaban J connectivity index is 2.66. The average Bonchev–Trinajstić information content (AvgIpc) is 1.94. The van der Waals surface area contributed by atoms with E-state index in [1.807, 2.05) is 6.08 Å². The van der Waals surface area contributed by atoms with Crippen molar-refractivity contribution in [1.29, 1.82) is 0 Å². The second-order valence-electron chi connectivity index (χ2n) is 2.74. The molecule has 64 valence electrons. The van der Waals surface area contributed by atoms with Gasteiger partial charge in [-0.05, 0) is 17.7 Å². The SMILES string of the molecule is C=C1C=C(Cl)C=CC1CC(N)=O. The third-order valence-electron chi connectivity index (χ3n) is 1.71. The second kappa shape index (κ2) is 3.59. The minimum Gasteiger partial charge on any atom is -0.370 e. The van der Waals surface area contributed by atoms with E-state index in [4.69, 9.17) is 17.3 Å². The lowest BCUT2D eigenvalue weighted by Crippen LogP contribution is -2.16. The zero-order valence-electron chi connectivity index (χ0n) is 6.59. The molecule has 0 saturated carbocycles. The van der Waals surface area contributed by atoms with Crippen LogP contribution in [0.15, 0.2) is 35.4 Å². The van der Waals surface area contributed by atoms with Gasteiger partial charge in [-0.1, -0.05) is 24.3 Å². The Bertz CT molecular complexity index is 278. The largest absolute Gasteiger partial charge is 0.370 e. The molecule has 12 heavy (non-hydrogen) atoms. The Morgan fingerprint density at radius 1 is 1.75 bits per heavy atom. The minimum absolute atomic E-state index is 0.0185. The van der Waals surface area contributed by atoms with E-state index in [2.05, 4.69) is 6.58 Å². The van der Waals surface area contributed by atoms with Crippen molar-refractivity contribution in [2.45, 2.75) is 6.42 Å². The third kappa shape index (κ3) is 2.24. The predicted octanol–water partition coefficient (Wildman–Crippen LogP) is 1.73. The fourth-order valence-electron chi connectivity index (χ4n) is 1.08. The quantitative estimate of drug-likeness (QED) is 0.696. The Hall–Kier alpha value is -1.02. The molecule has 3 heteroatoms. The highest BCUT2D eigenvalue weighted by atomic mass is 35.5. The van der Waals surface area contributed by atoms with Gasteiger partial charge in [0.05, 0.1) is 0 Å². The molecule has 0 aromatic heterocycles. The molecule has 1 amide bonds. The van der Waals surface area contributed by atoms with Crippen molar-refractivity contribution >= 4 is 17.5 Å². The summed E-state index contributed by atoms with van der Waals surface area (Å²) in [5, 5.41) is 0.640. The summed E-state index contributed by atoms with van der Waals surface area (Å²) in [4.78, 5) is 10.6. The molecule has 0 aromatic carbocycles. The van der Waals surface area contributed by atoms with Crippen LogP contribution in [-0.4, -0.2) is 5.91 Å². The maximum Gasteiger partial charge on any atom is 0.218 e. The normalized spacial score (nSPS) is 22.2. The minimum atomic E-state index is -0.322. The van der Waals surface area contributed by atoms with E-state index >= 15 is 0 Å². The van der Waals surface area contributed by atoms with Crippen LogP contribution in [-0.2, 0) is 4.79 Å². The molecule has 1 atom stereocenters. The predicted molar refractivity (Wildman–Crippen MR) is 49.5 cm³/mol. The van der Waals surface area contributed by atoms with E-state index < -0.39 is 0 Å². The van der Waals surface area contributed by atoms with E-state index in [0.717, 1.165) is 5.57 Å². The number of hydrogen-bond donors (Lipinski definition) is 1. The topological polar surface area (TPSA) is 43.1 Å². The van der Waals surface area contributed by atoms with Crippen molar-refractivity contribution < 1.29 is 4.79 Å². The molecule has 2 nitrogen and oxygen atoms in total. The van der Waals surface area contributed by atoms with E-state index in [1.165, 1.54) is 0 Å². The summed E-state index contributed by atoms with van der Waals surface area (Å²) in [6.07, 6.45) is 5.64. The smallest absolute Gasteiger partial charge is 0.218 e. The van der Waals surface area contributed by atoms with E-state index in [-0.39, 0.29) is 11.8 Å². The van der Waals surface area contributed by atoms with Crippen LogP contribution in [0.1, 0.15) is 6.42 Å². The Labute approximate surface area is 76.4 Å². The number of hydrogen-bond acceptors (Lipinski definition) is 1. The molecule has 0 spiro atoms. The van der Waals surface area contributed by atoms with Crippen LogP contribution in [0.4, 0.5) is 0 Å². The highest BCUT2D eigenvalue weighted by molar-refractivity contribution is 6.31. The van der Waals surface area contributed by atoms with Crippen LogP contribution in [0.3, 0.4) is 0 Å². The Kier molecular flexibility index (Phi) is 2.71. The van der Waals surface area contributed by atoms with Crippen LogP contribution in [0.25, 0.3) is 0 Å². The van der Waals surface area contributed by atoms with Gasteiger partial charge in [-0.25, -0.2) is 0 Å². The fraction of sp³-hybridized carbons (Fsp3) is 0.222. The van der Waals surface area contributed by atoms with Crippen LogP contribution < -0.4 is 5.73 Å². The van der Waals surface area contributed by atoms with Gasteiger partial charge in [-0.2, -0.15) is 0 Å². The first-order chi connectivity index (χ1) is 5.59. The maximum atomic E-state index is 10.6. The van der Waals surface area contributed by atoms with Gasteiger partial charge < -0.3 is 5.73 Å². The van der Waals surface area contributed by atoms with Crippen molar-refractivity contribution in [2.24, 2.45) is 11.7 Å². The van der Waals surface area contributed by atoms with E-state index in [0.29, 0.717) is 11.5 Å². The molecule has 0 heterocycles. The molecule has 0 bridgehead atoms. The molecule has 0 aliphatic heterocycles. The number of rotatable bonds is 2. The molecule has 1 aliphatic carbocycles. The second-order valence-corrected chi connectivity index (χ2v) is 3.18. The van der Waals surface area contributed by atoms with Crippen molar-refractivity contribution in [3.8, 4) is 0 Å². The number of halogens is 1. The summed E-state index contributed by atoms with van der Waals surface area (Å²) >= 11 is 5.71. The first kappa shape index (κ1) is 9.07. The average molecular weight is 184 g/mol. The zero-order valence-corrected chi connectivity index (χ0v) is 7.34. The van der Waals surface area contributed by atoms with Crippen molar-refractivity contribution in [3.05, 3.63) is 35.4 Å². The zero-order chi connectivity index (χ0) is 9.14. The van der Waals surface area contributed by atoms with E-state index in [1.54, 1.807) is 12.2 Å². The summed E-state index contributed by atoms with van der Waals surface area (Å²) < 4.78 is 0. The number of primary amides is 1. The van der Waals surface area contributed by atoms with Crippen LogP contribution in [0.5, 0.6) is 0 Å². The standard InChI is InChI=1S/C9H10ClNO/c1-6-4-8(10)3-2-7(6)5-9(11)12/h2-4,7H,1,5H2,(H2,11,12). The third-order valence-corrected chi connectivity index (χ3v) is 1.94. The molecule has 2 N–H and O–H groups in total. The molecule has 0 radical (unpaired) electrons. The lowest BCUT2D eigenvalue weighted by atomic mass is 9.93. The highest BCUT2D eigenvalue weighted by Crippen LogP contribution is 2.24. The molecule has 1 unspecified atom stereocenters. The number of carbonyl (C=O) groups excluding carboxylic acids is 1. The Morgan fingerprint density at radius 3 is 2.92 bits per heavy atom. The summed E-state index contributed by atoms with van der Waals surface area (Å²) in [6, 6.07) is 0. The maximum absolute atomic E-state index is 10.6. The van der Waals surface area contributed by atoms with Gasteiger partial charge in [0.2, 0.25) is 5.91 Å². The number of nitrogens with two attached hydrogens (primary N) is 1. The lowest BCUT2D eigenvalue weighted by molar-refractivity contribution is -0.118. The van der Waals surface area contributed by atoms with Crippen LogP contribution in [0, 0.1) is 5.92 Å². The summed E-state index contributed by atoms with van der Waals surface area (Å²) in [7, 11) is 0. The summed E-state index contributed by atoms with van der Waals surface area (Å²) in [6.45, 7) is 3.78. The highest BCUT2D eigenvalue weighted by Gasteiger charge is 2.13. The number of carbonyl (C=O) groups is 1. The van der Waals surface area contributed by atoms with Gasteiger partial charge in [0.1, 0.15) is 0 Å². The molecule has 0 saturated heterocycles. The lowest BCUT2D eigenvalue weighted by Gasteiger charge is -2.14. The van der Waals surface area contributed by atoms with Crippen molar-refractivity contribution in [2.75, 3.05) is 0 Å². The van der Waals surface area contributed by atoms with Crippen molar-refractivity contribution in [3.63, 3.8) is 0 Å². The van der Waals surface area contributed by atoms with Gasteiger partial charge in [0, 0.05) is 17.4 Å². The number of amides is 1. The first-order valence-corrected chi connectivity index (χ1v) is 4.00. The van der Waals surface area contributed by atoms with Crippen molar-refractivity contribution in [1.82, 2.24) is 0 Å². The molecule has 1 aliphatic rings. The van der Waals surface area contributed by atoms with Crippen LogP contribution in [0.2, 0.25) is 0 Å². The summed E-state index contributed by atoms with van der Waals surface area (Å²) in [5.74, 6) is -0.303. The van der Waals surface area contributed by atoms with Gasteiger partial charge in [-0.3, -0.25) is 4.79 Å². The molecular formula is C9H10ClNO. The van der Waals surface area contributed by atoms with Gasteiger partial charge >= 0.3 is 0 Å². The number of allylic oxidation sites excluding steroid dienone is 5. The molecule has 0 fully saturated rings. The first-order valence-electron chi connectivity index (χ1n) is 3.62. The summed E-state index contributed by atoms with van der Waals surface area (Å²) in [5.41, 5.74) is 5.89.